The van der Waals surface area contributed by atoms with E-state index in [1.54, 1.807) is 36.4 Å². The van der Waals surface area contributed by atoms with Crippen LogP contribution in [-0.4, -0.2) is 56.1 Å². The molecule has 33 heavy (non-hydrogen) atoms. The number of aryl methyl sites for hydroxylation is 1. The summed E-state index contributed by atoms with van der Waals surface area (Å²) in [6, 6.07) is 11.8. The van der Waals surface area contributed by atoms with Gasteiger partial charge in [0, 0.05) is 18.1 Å². The average Bonchev–Trinajstić information content (AvgIpc) is 3.17. The first kappa shape index (κ1) is 23.6. The minimum absolute atomic E-state index is 0.0411. The van der Waals surface area contributed by atoms with Crippen LogP contribution in [0.25, 0.3) is 0 Å². The van der Waals surface area contributed by atoms with Crippen LogP contribution in [0.4, 0.5) is 5.69 Å². The predicted octanol–water partition coefficient (Wildman–Crippen LogP) is 1.69. The van der Waals surface area contributed by atoms with Gasteiger partial charge in [-0.3, -0.25) is 29.6 Å². The van der Waals surface area contributed by atoms with E-state index < -0.39 is 36.2 Å². The number of methoxy groups -OCH3 is 2. The molecule has 10 heteroatoms. The van der Waals surface area contributed by atoms with Crippen molar-refractivity contribution in [1.29, 1.82) is 0 Å². The molecule has 2 aromatic rings. The summed E-state index contributed by atoms with van der Waals surface area (Å²) in [5, 5.41) is 3.69. The zero-order valence-corrected chi connectivity index (χ0v) is 18.5. The molecule has 3 rings (SSSR count). The monoisotopic (exact) mass is 455 g/mol. The molecular weight excluding hydrogens is 430 g/mol. The maximum Gasteiger partial charge on any atom is 0.311 e. The second kappa shape index (κ2) is 10.5. The fourth-order valence-electron chi connectivity index (χ4n) is 3.30. The number of anilines is 1. The second-order valence-corrected chi connectivity index (χ2v) is 7.44. The van der Waals surface area contributed by atoms with Crippen LogP contribution in [0, 0.1) is 12.8 Å². The van der Waals surface area contributed by atoms with Crippen molar-refractivity contribution in [2.45, 2.75) is 13.3 Å². The molecule has 1 aliphatic heterocycles. The van der Waals surface area contributed by atoms with E-state index in [9.17, 15) is 19.2 Å². The first-order valence-corrected chi connectivity index (χ1v) is 10.2. The number of hydrogen-bond donors (Lipinski definition) is 2. The number of ether oxygens (including phenoxy) is 3. The van der Waals surface area contributed by atoms with Crippen molar-refractivity contribution < 1.29 is 33.4 Å². The van der Waals surface area contributed by atoms with Gasteiger partial charge in [0.2, 0.25) is 5.91 Å². The molecule has 0 aliphatic carbocycles. The lowest BCUT2D eigenvalue weighted by atomic mass is 10.1. The number of nitrogens with zero attached hydrogens (tertiary/aromatic N) is 1. The molecule has 0 spiro atoms. The largest absolute Gasteiger partial charge is 0.497 e. The number of hydrazine groups is 1. The number of benzene rings is 2. The Hall–Kier alpha value is -4.08. The third-order valence-electron chi connectivity index (χ3n) is 5.00. The van der Waals surface area contributed by atoms with Crippen molar-refractivity contribution in [2.75, 3.05) is 32.7 Å². The molecule has 1 heterocycles. The Bertz CT molecular complexity index is 1070. The number of amides is 3. The second-order valence-electron chi connectivity index (χ2n) is 7.44. The maximum atomic E-state index is 12.4. The van der Waals surface area contributed by atoms with Gasteiger partial charge in [-0.05, 0) is 31.2 Å². The number of carbonyl (C=O) groups is 4. The van der Waals surface area contributed by atoms with Crippen molar-refractivity contribution in [2.24, 2.45) is 5.92 Å². The molecule has 1 aliphatic rings. The van der Waals surface area contributed by atoms with Gasteiger partial charge < -0.3 is 19.5 Å². The summed E-state index contributed by atoms with van der Waals surface area (Å²) < 4.78 is 15.4. The molecule has 3 amide bonds. The van der Waals surface area contributed by atoms with E-state index in [-0.39, 0.29) is 13.0 Å². The lowest BCUT2D eigenvalue weighted by Crippen LogP contribution is -2.43. The Morgan fingerprint density at radius 2 is 1.88 bits per heavy atom. The van der Waals surface area contributed by atoms with Gasteiger partial charge in [0.15, 0.2) is 6.61 Å². The van der Waals surface area contributed by atoms with Crippen LogP contribution in [0.3, 0.4) is 0 Å². The molecule has 0 bridgehead atoms. The zero-order chi connectivity index (χ0) is 24.0. The first-order chi connectivity index (χ1) is 15.8. The Morgan fingerprint density at radius 3 is 2.58 bits per heavy atom. The topological polar surface area (TPSA) is 123 Å². The molecule has 0 saturated carbocycles. The van der Waals surface area contributed by atoms with Gasteiger partial charge in [-0.2, -0.15) is 0 Å². The molecule has 0 radical (unpaired) electrons. The van der Waals surface area contributed by atoms with E-state index >= 15 is 0 Å². The normalized spacial score (nSPS) is 15.1. The van der Waals surface area contributed by atoms with Crippen LogP contribution in [0.5, 0.6) is 11.5 Å². The molecule has 2 N–H and O–H groups in total. The van der Waals surface area contributed by atoms with Gasteiger partial charge in [0.05, 0.1) is 32.4 Å². The van der Waals surface area contributed by atoms with Crippen LogP contribution in [0.1, 0.15) is 22.3 Å². The van der Waals surface area contributed by atoms with Crippen LogP contribution in [0.15, 0.2) is 42.5 Å². The molecule has 0 unspecified atom stereocenters. The third kappa shape index (κ3) is 6.00. The fraction of sp³-hybridized carbons (Fsp3) is 0.304. The summed E-state index contributed by atoms with van der Waals surface area (Å²) in [6.07, 6.45) is -0.127. The molecule has 1 atom stereocenters. The van der Waals surface area contributed by atoms with Crippen LogP contribution >= 0.6 is 0 Å². The molecule has 2 aromatic carbocycles. The van der Waals surface area contributed by atoms with E-state index in [4.69, 9.17) is 14.2 Å². The van der Waals surface area contributed by atoms with Gasteiger partial charge in [0.25, 0.3) is 11.8 Å². The zero-order valence-electron chi connectivity index (χ0n) is 18.5. The lowest BCUT2D eigenvalue weighted by molar-refractivity contribution is -0.151. The van der Waals surface area contributed by atoms with E-state index in [1.165, 1.54) is 14.2 Å². The number of nitrogens with one attached hydrogen (secondary N) is 2. The van der Waals surface area contributed by atoms with Crippen LogP contribution < -0.4 is 20.2 Å². The highest BCUT2D eigenvalue weighted by atomic mass is 16.5. The smallest absolute Gasteiger partial charge is 0.311 e. The van der Waals surface area contributed by atoms with E-state index in [0.717, 1.165) is 10.6 Å². The molecular formula is C23H25N3O7. The summed E-state index contributed by atoms with van der Waals surface area (Å²) in [7, 11) is 2.95. The summed E-state index contributed by atoms with van der Waals surface area (Å²) >= 11 is 0. The fourth-order valence-corrected chi connectivity index (χ4v) is 3.30. The summed E-state index contributed by atoms with van der Waals surface area (Å²) in [5.41, 5.74) is 4.18. The van der Waals surface area contributed by atoms with Gasteiger partial charge in [-0.15, -0.1) is 0 Å². The Kier molecular flexibility index (Phi) is 7.50. The van der Waals surface area contributed by atoms with Crippen LogP contribution in [-0.2, 0) is 19.1 Å². The SMILES string of the molecule is COc1ccc(OC)c(NC(=O)COC(=O)[C@H]2CC(=O)N(NC(=O)c3cccc(C)c3)C2)c1. The number of hydrogen-bond acceptors (Lipinski definition) is 7. The van der Waals surface area contributed by atoms with Crippen molar-refractivity contribution in [3.63, 3.8) is 0 Å². The van der Waals surface area contributed by atoms with Crippen molar-refractivity contribution in [1.82, 2.24) is 10.4 Å². The average molecular weight is 455 g/mol. The quantitative estimate of drug-likeness (QED) is 0.581. The molecule has 174 valence electrons. The lowest BCUT2D eigenvalue weighted by Gasteiger charge is -2.17. The standard InChI is InChI=1S/C23H25N3O7/c1-14-5-4-6-15(9-14)22(29)25-26-12-16(10-21(26)28)23(30)33-13-20(27)24-18-11-17(31-2)7-8-19(18)32-3/h4-9,11,16H,10,12-13H2,1-3H3,(H,24,27)(H,25,29)/t16-/m0/s1. The minimum atomic E-state index is -0.797. The summed E-state index contributed by atoms with van der Waals surface area (Å²) in [6.45, 7) is 1.27. The van der Waals surface area contributed by atoms with Gasteiger partial charge in [-0.25, -0.2) is 0 Å². The highest BCUT2D eigenvalue weighted by molar-refractivity contribution is 5.97. The molecule has 1 fully saturated rings. The van der Waals surface area contributed by atoms with Gasteiger partial charge in [0.1, 0.15) is 11.5 Å². The Morgan fingerprint density at radius 1 is 1.09 bits per heavy atom. The summed E-state index contributed by atoms with van der Waals surface area (Å²) in [4.78, 5) is 49.2. The van der Waals surface area contributed by atoms with E-state index in [0.29, 0.717) is 22.7 Å². The third-order valence-corrected chi connectivity index (χ3v) is 5.00. The molecule has 0 aromatic heterocycles. The highest BCUT2D eigenvalue weighted by Crippen LogP contribution is 2.28. The number of carbonyl (C=O) groups excluding carboxylic acids is 4. The first-order valence-electron chi connectivity index (χ1n) is 10.2. The van der Waals surface area contributed by atoms with E-state index in [1.807, 2.05) is 13.0 Å². The van der Waals surface area contributed by atoms with Crippen molar-refractivity contribution >= 4 is 29.4 Å². The summed E-state index contributed by atoms with van der Waals surface area (Å²) in [5.74, 6) is -2.02. The molecule has 10 nitrogen and oxygen atoms in total. The number of rotatable bonds is 8. The van der Waals surface area contributed by atoms with Gasteiger partial charge in [-0.1, -0.05) is 17.7 Å². The minimum Gasteiger partial charge on any atom is -0.497 e. The molecule has 1 saturated heterocycles. The van der Waals surface area contributed by atoms with Crippen molar-refractivity contribution in [3.8, 4) is 11.5 Å². The number of esters is 1. The highest BCUT2D eigenvalue weighted by Gasteiger charge is 2.36. The Balaban J connectivity index is 1.51. The van der Waals surface area contributed by atoms with Crippen molar-refractivity contribution in [3.05, 3.63) is 53.6 Å². The van der Waals surface area contributed by atoms with Gasteiger partial charge >= 0.3 is 5.97 Å². The predicted molar refractivity (Wildman–Crippen MR) is 118 cm³/mol. The van der Waals surface area contributed by atoms with Crippen LogP contribution in [0.2, 0.25) is 0 Å². The van der Waals surface area contributed by atoms with E-state index in [2.05, 4.69) is 10.7 Å². The maximum absolute atomic E-state index is 12.4. The Labute approximate surface area is 190 Å².